The molecule has 0 aliphatic heterocycles. The highest BCUT2D eigenvalue weighted by Crippen LogP contribution is 2.40. The molecule has 0 atom stereocenters. The van der Waals surface area contributed by atoms with Crippen molar-refractivity contribution < 1.29 is 0 Å². The first-order chi connectivity index (χ1) is 17.7. The van der Waals surface area contributed by atoms with E-state index in [4.69, 9.17) is 10.7 Å². The highest BCUT2D eigenvalue weighted by Gasteiger charge is 2.34. The van der Waals surface area contributed by atoms with Crippen molar-refractivity contribution in [1.29, 1.82) is 0 Å². The number of rotatable bonds is 4. The van der Waals surface area contributed by atoms with Crippen LogP contribution in [0.5, 0.6) is 0 Å². The summed E-state index contributed by atoms with van der Waals surface area (Å²) in [5.41, 5.74) is 14.0. The highest BCUT2D eigenvalue weighted by molar-refractivity contribution is 5.98. The summed E-state index contributed by atoms with van der Waals surface area (Å²) in [7, 11) is 0. The van der Waals surface area contributed by atoms with E-state index in [0.717, 1.165) is 51.8 Å². The minimum absolute atomic E-state index is 0.183. The number of fused-ring (bicyclic) bond motifs is 3. The molecule has 0 spiro atoms. The summed E-state index contributed by atoms with van der Waals surface area (Å²) in [6, 6.07) is 23.1. The summed E-state index contributed by atoms with van der Waals surface area (Å²) in [6.07, 6.45) is 10.2. The molecular formula is C29H23N7. The van der Waals surface area contributed by atoms with Crippen LogP contribution in [-0.4, -0.2) is 29.5 Å². The number of hydrogen-bond acceptors (Lipinski definition) is 6. The van der Waals surface area contributed by atoms with Crippen LogP contribution in [0.25, 0.3) is 50.5 Å². The van der Waals surface area contributed by atoms with Crippen LogP contribution < -0.4 is 5.73 Å². The van der Waals surface area contributed by atoms with Gasteiger partial charge in [-0.3, -0.25) is 9.38 Å². The first-order valence-corrected chi connectivity index (χ1v) is 12.1. The molecular weight excluding hydrogens is 446 g/mol. The van der Waals surface area contributed by atoms with E-state index in [2.05, 4.69) is 62.6 Å². The second-order valence-electron chi connectivity index (χ2n) is 9.39. The van der Waals surface area contributed by atoms with Gasteiger partial charge < -0.3 is 5.73 Å². The van der Waals surface area contributed by atoms with E-state index in [1.807, 2.05) is 34.9 Å². The van der Waals surface area contributed by atoms with Crippen LogP contribution in [0.3, 0.4) is 0 Å². The summed E-state index contributed by atoms with van der Waals surface area (Å²) in [5.74, 6) is 0.646. The molecule has 1 aliphatic carbocycles. The number of benzene rings is 2. The molecule has 2 N–H and O–H groups in total. The fraction of sp³-hybridized carbons (Fsp3) is 0.138. The molecule has 0 amide bonds. The number of aromatic nitrogens is 6. The van der Waals surface area contributed by atoms with Gasteiger partial charge in [-0.15, -0.1) is 10.2 Å². The smallest absolute Gasteiger partial charge is 0.188 e. The van der Waals surface area contributed by atoms with Crippen molar-refractivity contribution >= 4 is 16.6 Å². The second-order valence-corrected chi connectivity index (χ2v) is 9.39. The lowest BCUT2D eigenvalue weighted by Gasteiger charge is -2.38. The average molecular weight is 470 g/mol. The van der Waals surface area contributed by atoms with Gasteiger partial charge in [-0.2, -0.15) is 0 Å². The molecule has 4 aromatic heterocycles. The van der Waals surface area contributed by atoms with Crippen molar-refractivity contribution in [2.75, 3.05) is 0 Å². The van der Waals surface area contributed by atoms with Gasteiger partial charge >= 0.3 is 0 Å². The third-order valence-corrected chi connectivity index (χ3v) is 7.23. The van der Waals surface area contributed by atoms with Crippen molar-refractivity contribution in [2.24, 2.45) is 5.73 Å². The Morgan fingerprint density at radius 1 is 0.861 bits per heavy atom. The maximum atomic E-state index is 6.57. The van der Waals surface area contributed by atoms with Crippen molar-refractivity contribution in [2.45, 2.75) is 24.8 Å². The summed E-state index contributed by atoms with van der Waals surface area (Å²) in [6.45, 7) is 0. The lowest BCUT2D eigenvalue weighted by molar-refractivity contribution is 0.253. The van der Waals surface area contributed by atoms with Crippen LogP contribution in [0.15, 0.2) is 91.5 Å². The van der Waals surface area contributed by atoms with Crippen LogP contribution in [0.4, 0.5) is 0 Å². The van der Waals surface area contributed by atoms with Crippen molar-refractivity contribution in [1.82, 2.24) is 29.5 Å². The van der Waals surface area contributed by atoms with Crippen molar-refractivity contribution in [3.8, 4) is 33.9 Å². The maximum Gasteiger partial charge on any atom is 0.188 e. The molecule has 2 aromatic carbocycles. The molecule has 0 saturated heterocycles. The standard InChI is InChI=1S/C29H23N7/c30-29(12-4-13-29)21-9-7-20(8-10-21)26-22(19-5-2-1-3-6-19)17-23-24(33-26)11-16-36-27(23)34-35-28(36)25-18-31-14-15-32-25/h1-3,5-11,14-18H,4,12-13,30H2. The lowest BCUT2D eigenvalue weighted by atomic mass is 9.72. The molecule has 4 heterocycles. The Kier molecular flexibility index (Phi) is 4.65. The molecule has 1 saturated carbocycles. The molecule has 0 unspecified atom stereocenters. The van der Waals surface area contributed by atoms with Gasteiger partial charge in [0.05, 0.1) is 17.4 Å². The van der Waals surface area contributed by atoms with E-state index in [1.165, 1.54) is 12.0 Å². The van der Waals surface area contributed by atoms with Gasteiger partial charge in [-0.05, 0) is 42.5 Å². The first-order valence-electron chi connectivity index (χ1n) is 12.1. The molecule has 7 nitrogen and oxygen atoms in total. The van der Waals surface area contributed by atoms with Gasteiger partial charge in [0.1, 0.15) is 5.69 Å². The number of hydrogen-bond donors (Lipinski definition) is 1. The molecule has 174 valence electrons. The normalized spacial score (nSPS) is 14.7. The fourth-order valence-corrected chi connectivity index (χ4v) is 5.05. The van der Waals surface area contributed by atoms with E-state index in [1.54, 1.807) is 18.6 Å². The lowest BCUT2D eigenvalue weighted by Crippen LogP contribution is -2.43. The predicted molar refractivity (Wildman–Crippen MR) is 140 cm³/mol. The number of nitrogens with zero attached hydrogens (tertiary/aromatic N) is 6. The predicted octanol–water partition coefficient (Wildman–Crippen LogP) is 5.41. The average Bonchev–Trinajstić information content (AvgIpc) is 3.37. The third-order valence-electron chi connectivity index (χ3n) is 7.23. The summed E-state index contributed by atoms with van der Waals surface area (Å²) >= 11 is 0. The molecule has 0 bridgehead atoms. The molecule has 7 rings (SSSR count). The molecule has 1 fully saturated rings. The molecule has 7 heteroatoms. The maximum absolute atomic E-state index is 6.57. The van der Waals surface area contributed by atoms with Gasteiger partial charge in [0.25, 0.3) is 0 Å². The van der Waals surface area contributed by atoms with E-state index in [-0.39, 0.29) is 5.54 Å². The summed E-state index contributed by atoms with van der Waals surface area (Å²) < 4.78 is 1.94. The van der Waals surface area contributed by atoms with E-state index in [0.29, 0.717) is 11.5 Å². The molecule has 0 radical (unpaired) electrons. The Morgan fingerprint density at radius 2 is 1.69 bits per heavy atom. The Balaban J connectivity index is 1.43. The van der Waals surface area contributed by atoms with Crippen LogP contribution >= 0.6 is 0 Å². The van der Waals surface area contributed by atoms with E-state index < -0.39 is 0 Å². The van der Waals surface area contributed by atoms with Crippen LogP contribution in [0.1, 0.15) is 24.8 Å². The van der Waals surface area contributed by atoms with Crippen molar-refractivity contribution in [3.05, 3.63) is 97.1 Å². The van der Waals surface area contributed by atoms with E-state index in [9.17, 15) is 0 Å². The second kappa shape index (κ2) is 8.03. The quantitative estimate of drug-likeness (QED) is 0.371. The number of nitrogens with two attached hydrogens (primary N) is 1. The van der Waals surface area contributed by atoms with Crippen LogP contribution in [0.2, 0.25) is 0 Å². The number of pyridine rings is 2. The van der Waals surface area contributed by atoms with Crippen LogP contribution in [0, 0.1) is 0 Å². The SMILES string of the molecule is NC1(c2ccc(-c3nc4ccn5c(-c6cnccn6)nnc5c4cc3-c3ccccc3)cc2)CCC1. The molecule has 6 aromatic rings. The molecule has 36 heavy (non-hydrogen) atoms. The molecule has 1 aliphatic rings. The van der Waals surface area contributed by atoms with Gasteiger partial charge in [-0.1, -0.05) is 54.6 Å². The summed E-state index contributed by atoms with van der Waals surface area (Å²) in [4.78, 5) is 13.7. The largest absolute Gasteiger partial charge is 0.321 e. The fourth-order valence-electron chi connectivity index (χ4n) is 5.05. The zero-order valence-corrected chi connectivity index (χ0v) is 19.5. The Labute approximate surface area is 207 Å². The Bertz CT molecular complexity index is 1700. The Hall–Kier alpha value is -4.49. The minimum atomic E-state index is -0.183. The zero-order valence-electron chi connectivity index (χ0n) is 19.5. The first kappa shape index (κ1) is 20.8. The van der Waals surface area contributed by atoms with Gasteiger partial charge in [0.15, 0.2) is 11.5 Å². The Morgan fingerprint density at radius 3 is 2.42 bits per heavy atom. The van der Waals surface area contributed by atoms with Crippen molar-refractivity contribution in [3.63, 3.8) is 0 Å². The van der Waals surface area contributed by atoms with Gasteiger partial charge in [0, 0.05) is 40.6 Å². The highest BCUT2D eigenvalue weighted by atomic mass is 15.3. The topological polar surface area (TPSA) is 94.9 Å². The zero-order chi connectivity index (χ0) is 24.1. The summed E-state index contributed by atoms with van der Waals surface area (Å²) in [5, 5.41) is 9.85. The minimum Gasteiger partial charge on any atom is -0.321 e. The van der Waals surface area contributed by atoms with Crippen LogP contribution in [-0.2, 0) is 5.54 Å². The van der Waals surface area contributed by atoms with Gasteiger partial charge in [0.2, 0.25) is 0 Å². The van der Waals surface area contributed by atoms with Gasteiger partial charge in [-0.25, -0.2) is 9.97 Å². The van der Waals surface area contributed by atoms with E-state index >= 15 is 0 Å². The third kappa shape index (κ3) is 3.28. The monoisotopic (exact) mass is 469 g/mol.